The summed E-state index contributed by atoms with van der Waals surface area (Å²) >= 11 is 0. The summed E-state index contributed by atoms with van der Waals surface area (Å²) in [6, 6.07) is 12.5. The monoisotopic (exact) mass is 467 g/mol. The molecule has 2 atom stereocenters. The Morgan fingerprint density at radius 1 is 1.09 bits per heavy atom. The molecule has 2 aliphatic rings. The van der Waals surface area contributed by atoms with Gasteiger partial charge in [-0.3, -0.25) is 14.5 Å². The van der Waals surface area contributed by atoms with E-state index in [1.54, 1.807) is 6.92 Å². The zero-order valence-corrected chi connectivity index (χ0v) is 20.4. The van der Waals surface area contributed by atoms with Crippen molar-refractivity contribution in [3.63, 3.8) is 0 Å². The molecule has 1 aromatic heterocycles. The molecule has 2 fully saturated rings. The average Bonchev–Trinajstić information content (AvgIpc) is 3.27. The van der Waals surface area contributed by atoms with Gasteiger partial charge >= 0.3 is 0 Å². The summed E-state index contributed by atoms with van der Waals surface area (Å²) in [5, 5.41) is 7.82. The number of hydrogen-bond donors (Lipinski definition) is 1. The summed E-state index contributed by atoms with van der Waals surface area (Å²) in [6.45, 7) is 7.54. The number of nitrogens with zero attached hydrogens (tertiary/aromatic N) is 4. The normalized spacial score (nSPS) is 21.1. The zero-order valence-electron chi connectivity index (χ0n) is 20.4. The number of piperidine rings is 1. The molecule has 2 saturated heterocycles. The number of carbonyl (C=O) groups is 2. The Hall–Kier alpha value is -2.71. The fourth-order valence-electron chi connectivity index (χ4n) is 5.12. The van der Waals surface area contributed by atoms with Crippen molar-refractivity contribution in [1.82, 2.24) is 25.2 Å². The molecule has 2 aromatic rings. The smallest absolute Gasteiger partial charge is 0.222 e. The predicted octanol–water partition coefficient (Wildman–Crippen LogP) is 2.16. The van der Waals surface area contributed by atoms with E-state index in [2.05, 4.69) is 52.8 Å². The number of nitrogens with one attached hydrogen (secondary N) is 1. The number of amides is 2. The molecule has 184 valence electrons. The van der Waals surface area contributed by atoms with Gasteiger partial charge in [0, 0.05) is 52.1 Å². The van der Waals surface area contributed by atoms with E-state index in [9.17, 15) is 9.59 Å². The van der Waals surface area contributed by atoms with Gasteiger partial charge in [0.05, 0.1) is 12.2 Å². The van der Waals surface area contributed by atoms with Crippen LogP contribution < -0.4 is 5.32 Å². The van der Waals surface area contributed by atoms with E-state index < -0.39 is 0 Å². The molecule has 0 radical (unpaired) electrons. The molecule has 0 bridgehead atoms. The molecule has 4 rings (SSSR count). The maximum Gasteiger partial charge on any atom is 0.222 e. The first-order chi connectivity index (χ1) is 16.5. The van der Waals surface area contributed by atoms with Crippen LogP contribution in [0.3, 0.4) is 0 Å². The summed E-state index contributed by atoms with van der Waals surface area (Å²) in [6.07, 6.45) is 2.38. The van der Waals surface area contributed by atoms with E-state index >= 15 is 0 Å². The molecule has 2 amide bonds. The van der Waals surface area contributed by atoms with Crippen LogP contribution in [0.2, 0.25) is 0 Å². The Labute approximate surface area is 202 Å². The van der Waals surface area contributed by atoms with Gasteiger partial charge in [-0.05, 0) is 50.4 Å². The number of aromatic nitrogens is 1. The van der Waals surface area contributed by atoms with Crippen molar-refractivity contribution in [3.8, 4) is 0 Å². The van der Waals surface area contributed by atoms with Crippen LogP contribution >= 0.6 is 0 Å². The maximum atomic E-state index is 13.0. The fraction of sp³-hybridized carbons (Fsp3) is 0.577. The number of piperazine rings is 1. The molecule has 2 aliphatic heterocycles. The third-order valence-corrected chi connectivity index (χ3v) is 7.08. The number of hydrogen-bond acceptors (Lipinski definition) is 6. The van der Waals surface area contributed by atoms with Crippen molar-refractivity contribution < 1.29 is 14.1 Å². The minimum absolute atomic E-state index is 0.0868. The van der Waals surface area contributed by atoms with Gasteiger partial charge in [0.1, 0.15) is 0 Å². The molecular formula is C26H37N5O3. The summed E-state index contributed by atoms with van der Waals surface area (Å²) in [5.41, 5.74) is 2.23. The minimum atomic E-state index is 0.0868. The van der Waals surface area contributed by atoms with Gasteiger partial charge in [-0.25, -0.2) is 0 Å². The number of rotatable bonds is 8. The Bertz CT molecular complexity index is 939. The van der Waals surface area contributed by atoms with Crippen LogP contribution in [0.5, 0.6) is 0 Å². The van der Waals surface area contributed by atoms with E-state index in [4.69, 9.17) is 4.52 Å². The van der Waals surface area contributed by atoms with E-state index in [1.807, 2.05) is 15.9 Å². The van der Waals surface area contributed by atoms with Gasteiger partial charge < -0.3 is 19.6 Å². The third kappa shape index (κ3) is 6.67. The standard InChI is InChI=1S/C26H37N5O3/c1-20(32)30-10-12-31(13-11-30)26(33)15-22-8-9-27-17-23(22)14-24-16-25(34-28-24)19-29(2)18-21-6-4-3-5-7-21/h3-7,16,22-23,27H,8-15,17-19H2,1-2H3/t22-,23-/m0/s1. The Kier molecular flexibility index (Phi) is 8.34. The lowest BCUT2D eigenvalue weighted by atomic mass is 9.81. The van der Waals surface area contributed by atoms with E-state index in [0.29, 0.717) is 51.0 Å². The molecule has 0 unspecified atom stereocenters. The van der Waals surface area contributed by atoms with Crippen LogP contribution in [0.15, 0.2) is 40.9 Å². The van der Waals surface area contributed by atoms with Crippen molar-refractivity contribution in [3.05, 3.63) is 53.4 Å². The lowest BCUT2D eigenvalue weighted by Gasteiger charge is -2.37. The Balaban J connectivity index is 1.28. The highest BCUT2D eigenvalue weighted by Gasteiger charge is 2.31. The van der Waals surface area contributed by atoms with Gasteiger partial charge in [-0.15, -0.1) is 0 Å². The minimum Gasteiger partial charge on any atom is -0.360 e. The first-order valence-electron chi connectivity index (χ1n) is 12.4. The molecule has 3 heterocycles. The summed E-state index contributed by atoms with van der Waals surface area (Å²) in [4.78, 5) is 30.5. The van der Waals surface area contributed by atoms with Crippen LogP contribution in [-0.4, -0.2) is 78.0 Å². The van der Waals surface area contributed by atoms with Crippen molar-refractivity contribution in [1.29, 1.82) is 0 Å². The topological polar surface area (TPSA) is 81.9 Å². The van der Waals surface area contributed by atoms with Crippen LogP contribution in [-0.2, 0) is 29.1 Å². The first kappa shape index (κ1) is 24.4. The Morgan fingerprint density at radius 3 is 2.56 bits per heavy atom. The third-order valence-electron chi connectivity index (χ3n) is 7.08. The second kappa shape index (κ2) is 11.6. The van der Waals surface area contributed by atoms with Gasteiger partial charge in [0.2, 0.25) is 11.8 Å². The van der Waals surface area contributed by atoms with Gasteiger partial charge in [0.25, 0.3) is 0 Å². The van der Waals surface area contributed by atoms with Crippen LogP contribution in [0, 0.1) is 11.8 Å². The van der Waals surface area contributed by atoms with E-state index in [0.717, 1.165) is 43.9 Å². The molecule has 0 saturated carbocycles. The molecule has 8 nitrogen and oxygen atoms in total. The molecular weight excluding hydrogens is 430 g/mol. The molecule has 34 heavy (non-hydrogen) atoms. The van der Waals surface area contributed by atoms with Crippen molar-refractivity contribution in [2.75, 3.05) is 46.3 Å². The summed E-state index contributed by atoms with van der Waals surface area (Å²) in [5.74, 6) is 1.86. The summed E-state index contributed by atoms with van der Waals surface area (Å²) < 4.78 is 5.64. The van der Waals surface area contributed by atoms with Gasteiger partial charge in [0.15, 0.2) is 5.76 Å². The molecule has 1 aromatic carbocycles. The lowest BCUT2D eigenvalue weighted by Crippen LogP contribution is -2.51. The van der Waals surface area contributed by atoms with Gasteiger partial charge in [-0.2, -0.15) is 0 Å². The van der Waals surface area contributed by atoms with Crippen LogP contribution in [0.1, 0.15) is 36.8 Å². The highest BCUT2D eigenvalue weighted by molar-refractivity contribution is 5.77. The van der Waals surface area contributed by atoms with Crippen molar-refractivity contribution >= 4 is 11.8 Å². The van der Waals surface area contributed by atoms with Crippen LogP contribution in [0.25, 0.3) is 0 Å². The predicted molar refractivity (Wildman–Crippen MR) is 130 cm³/mol. The zero-order chi connectivity index (χ0) is 23.9. The van der Waals surface area contributed by atoms with Gasteiger partial charge in [-0.1, -0.05) is 35.5 Å². The first-order valence-corrected chi connectivity index (χ1v) is 12.4. The number of benzene rings is 1. The number of carbonyl (C=O) groups excluding carboxylic acids is 2. The highest BCUT2D eigenvalue weighted by Crippen LogP contribution is 2.27. The molecule has 0 spiro atoms. The molecule has 0 aliphatic carbocycles. The summed E-state index contributed by atoms with van der Waals surface area (Å²) in [7, 11) is 2.08. The lowest BCUT2D eigenvalue weighted by molar-refractivity contribution is -0.139. The largest absolute Gasteiger partial charge is 0.360 e. The second-order valence-corrected chi connectivity index (χ2v) is 9.75. The quantitative estimate of drug-likeness (QED) is 0.641. The highest BCUT2D eigenvalue weighted by atomic mass is 16.5. The molecule has 8 heteroatoms. The van der Waals surface area contributed by atoms with Crippen molar-refractivity contribution in [2.45, 2.75) is 39.3 Å². The SMILES string of the molecule is CC(=O)N1CCN(C(=O)C[C@@H]2CCNC[C@@H]2Cc2cc(CN(C)Cc3ccccc3)on2)CC1. The average molecular weight is 468 g/mol. The van der Waals surface area contributed by atoms with Crippen LogP contribution in [0.4, 0.5) is 0 Å². The van der Waals surface area contributed by atoms with E-state index in [1.165, 1.54) is 5.56 Å². The van der Waals surface area contributed by atoms with E-state index in [-0.39, 0.29) is 11.8 Å². The fourth-order valence-corrected chi connectivity index (χ4v) is 5.12. The second-order valence-electron chi connectivity index (χ2n) is 9.75. The Morgan fingerprint density at radius 2 is 1.82 bits per heavy atom. The maximum absolute atomic E-state index is 13.0. The molecule has 1 N–H and O–H groups in total. The van der Waals surface area contributed by atoms with Crippen molar-refractivity contribution in [2.24, 2.45) is 11.8 Å².